The zero-order valence-electron chi connectivity index (χ0n) is 27.3. The van der Waals surface area contributed by atoms with Crippen molar-refractivity contribution in [1.29, 1.82) is 0 Å². The van der Waals surface area contributed by atoms with E-state index < -0.39 is 12.4 Å². The molecular weight excluding hydrogens is 548 g/mol. The first-order chi connectivity index (χ1) is 20.7. The number of methoxy groups -OCH3 is 2. The summed E-state index contributed by atoms with van der Waals surface area (Å²) in [7, 11) is 3.35. The Bertz CT molecular complexity index is 1050. The van der Waals surface area contributed by atoms with E-state index in [-0.39, 0.29) is 72.4 Å². The predicted octanol–water partition coefficient (Wildman–Crippen LogP) is 5.82. The van der Waals surface area contributed by atoms with E-state index in [0.29, 0.717) is 18.4 Å². The minimum Gasteiger partial charge on any atom is -0.462 e. The number of Topliss-reactive ketones (excluding diaryl/α,β-unsaturated/α-hetero) is 1. The first-order valence-corrected chi connectivity index (χ1v) is 16.8. The standard InChI is InChI=1S/C35H54O8/c1-8-22-13-11-10-12-19(3)31(37)29-17-27-25(28(29)18-30(36)42-22)14-20(4)24-15-23(16-26(24)27)43-35-34(39-7)33(40-9-2)32(38-6)21(5)41-35/h14,17,19,21-28,32-35H,8-13,15-16,18H2,1-7H3/t19-,21+,22+,23-,24+,25-,26-,27-,28+,32+,33-,34-,35+/m1/s1. The SMILES string of the molecule is CCO[C@@H]1[C@@H](OC)[C@H](C)O[C@@H](O[C@H]2C[C@H]3[C@@H]4C=C5C(=O)[C@H](C)CCCC[C@H](CC)OC(=O)C[C@H]5[C@@H]4C=C(C)[C@@H]3C2)[C@@H]1OC. The minimum absolute atomic E-state index is 0.0109. The monoisotopic (exact) mass is 602 g/mol. The first-order valence-electron chi connectivity index (χ1n) is 16.8. The van der Waals surface area contributed by atoms with E-state index in [9.17, 15) is 9.59 Å². The molecule has 8 nitrogen and oxygen atoms in total. The lowest BCUT2D eigenvalue weighted by atomic mass is 9.67. The van der Waals surface area contributed by atoms with Gasteiger partial charge >= 0.3 is 5.97 Å². The van der Waals surface area contributed by atoms with Crippen molar-refractivity contribution < 1.29 is 38.0 Å². The second-order valence-corrected chi connectivity index (χ2v) is 13.6. The van der Waals surface area contributed by atoms with Crippen molar-refractivity contribution in [1.82, 2.24) is 0 Å². The third kappa shape index (κ3) is 6.69. The van der Waals surface area contributed by atoms with E-state index in [2.05, 4.69) is 32.9 Å². The predicted molar refractivity (Wildman–Crippen MR) is 162 cm³/mol. The van der Waals surface area contributed by atoms with Crippen LogP contribution in [0.5, 0.6) is 0 Å². The van der Waals surface area contributed by atoms with Gasteiger partial charge in [0.2, 0.25) is 0 Å². The molecular formula is C35H54O8. The van der Waals surface area contributed by atoms with Crippen LogP contribution in [0.1, 0.15) is 86.0 Å². The Morgan fingerprint density at radius 2 is 1.65 bits per heavy atom. The molecule has 2 heterocycles. The van der Waals surface area contributed by atoms with Gasteiger partial charge in [0.1, 0.15) is 24.4 Å². The molecule has 5 rings (SSSR count). The fourth-order valence-corrected chi connectivity index (χ4v) is 8.80. The zero-order valence-corrected chi connectivity index (χ0v) is 27.3. The molecule has 0 radical (unpaired) electrons. The van der Waals surface area contributed by atoms with Crippen LogP contribution in [0.15, 0.2) is 23.3 Å². The van der Waals surface area contributed by atoms with Gasteiger partial charge in [0.25, 0.3) is 0 Å². The fourth-order valence-electron chi connectivity index (χ4n) is 8.80. The van der Waals surface area contributed by atoms with E-state index in [0.717, 1.165) is 50.5 Å². The van der Waals surface area contributed by atoms with Gasteiger partial charge in [0, 0.05) is 32.7 Å². The van der Waals surface area contributed by atoms with Gasteiger partial charge in [0.15, 0.2) is 12.1 Å². The molecule has 0 amide bonds. The van der Waals surface area contributed by atoms with Crippen molar-refractivity contribution in [3.8, 4) is 0 Å². The van der Waals surface area contributed by atoms with Gasteiger partial charge in [-0.3, -0.25) is 9.59 Å². The highest BCUT2D eigenvalue weighted by Crippen LogP contribution is 2.56. The van der Waals surface area contributed by atoms with Crippen molar-refractivity contribution in [3.63, 3.8) is 0 Å². The molecule has 0 aromatic heterocycles. The van der Waals surface area contributed by atoms with Crippen molar-refractivity contribution in [2.45, 2.75) is 129 Å². The van der Waals surface area contributed by atoms with Crippen LogP contribution in [0.4, 0.5) is 0 Å². The number of rotatable bonds is 7. The quantitative estimate of drug-likeness (QED) is 0.266. The molecule has 242 valence electrons. The average molecular weight is 603 g/mol. The maximum atomic E-state index is 13.8. The third-order valence-electron chi connectivity index (χ3n) is 11.0. The van der Waals surface area contributed by atoms with Gasteiger partial charge < -0.3 is 28.4 Å². The Kier molecular flexibility index (Phi) is 10.9. The highest BCUT2D eigenvalue weighted by atomic mass is 16.7. The van der Waals surface area contributed by atoms with Gasteiger partial charge in [-0.05, 0) is 88.5 Å². The number of hydrogen-bond donors (Lipinski definition) is 0. The number of ketones is 1. The van der Waals surface area contributed by atoms with E-state index >= 15 is 0 Å². The van der Waals surface area contributed by atoms with Crippen LogP contribution in [0.25, 0.3) is 0 Å². The van der Waals surface area contributed by atoms with Crippen LogP contribution in [0.2, 0.25) is 0 Å². The van der Waals surface area contributed by atoms with Crippen molar-refractivity contribution in [3.05, 3.63) is 23.3 Å². The molecule has 0 aromatic carbocycles. The molecule has 43 heavy (non-hydrogen) atoms. The molecule has 1 saturated carbocycles. The largest absolute Gasteiger partial charge is 0.462 e. The topological polar surface area (TPSA) is 89.5 Å². The van der Waals surface area contributed by atoms with Crippen molar-refractivity contribution in [2.24, 2.45) is 35.5 Å². The van der Waals surface area contributed by atoms with Crippen LogP contribution in [-0.4, -0.2) is 75.5 Å². The smallest absolute Gasteiger partial charge is 0.306 e. The number of esters is 1. The maximum Gasteiger partial charge on any atom is 0.306 e. The normalized spacial score (nSPS) is 43.8. The van der Waals surface area contributed by atoms with E-state index in [1.54, 1.807) is 14.2 Å². The highest BCUT2D eigenvalue weighted by molar-refractivity contribution is 5.98. The second-order valence-electron chi connectivity index (χ2n) is 13.6. The Hall–Kier alpha value is -1.58. The number of carbonyl (C=O) groups is 2. The molecule has 0 aromatic rings. The summed E-state index contributed by atoms with van der Waals surface area (Å²) >= 11 is 0. The van der Waals surface area contributed by atoms with E-state index in [1.807, 2.05) is 13.8 Å². The summed E-state index contributed by atoms with van der Waals surface area (Å²) in [6.45, 7) is 10.9. The van der Waals surface area contributed by atoms with E-state index in [4.69, 9.17) is 28.4 Å². The van der Waals surface area contributed by atoms with Crippen LogP contribution < -0.4 is 0 Å². The Morgan fingerprint density at radius 1 is 0.907 bits per heavy atom. The summed E-state index contributed by atoms with van der Waals surface area (Å²) < 4.78 is 36.7. The Balaban J connectivity index is 1.36. The molecule has 0 bridgehead atoms. The zero-order chi connectivity index (χ0) is 30.8. The highest BCUT2D eigenvalue weighted by Gasteiger charge is 2.53. The minimum atomic E-state index is -0.561. The molecule has 0 spiro atoms. The van der Waals surface area contributed by atoms with Gasteiger partial charge in [-0.1, -0.05) is 38.0 Å². The average Bonchev–Trinajstić information content (AvgIpc) is 3.56. The van der Waals surface area contributed by atoms with Crippen LogP contribution >= 0.6 is 0 Å². The maximum absolute atomic E-state index is 13.8. The summed E-state index contributed by atoms with van der Waals surface area (Å²) in [5.74, 6) is 0.933. The van der Waals surface area contributed by atoms with Gasteiger partial charge in [-0.2, -0.15) is 0 Å². The van der Waals surface area contributed by atoms with Crippen LogP contribution in [-0.2, 0) is 38.0 Å². The molecule has 2 aliphatic heterocycles. The van der Waals surface area contributed by atoms with Gasteiger partial charge in [-0.15, -0.1) is 0 Å². The molecule has 0 N–H and O–H groups in total. The lowest BCUT2D eigenvalue weighted by Gasteiger charge is -2.44. The molecule has 8 heteroatoms. The number of allylic oxidation sites excluding steroid dienone is 4. The summed E-state index contributed by atoms with van der Waals surface area (Å²) in [5, 5.41) is 0. The lowest BCUT2D eigenvalue weighted by molar-refractivity contribution is -0.317. The number of fused-ring (bicyclic) bond motifs is 5. The second kappa shape index (κ2) is 14.2. The molecule has 0 unspecified atom stereocenters. The summed E-state index contributed by atoms with van der Waals surface area (Å²) in [5.41, 5.74) is 2.20. The van der Waals surface area contributed by atoms with Crippen LogP contribution in [0.3, 0.4) is 0 Å². The fraction of sp³-hybridized carbons (Fsp3) is 0.829. The third-order valence-corrected chi connectivity index (χ3v) is 11.0. The number of carbonyl (C=O) groups excluding carboxylic acids is 2. The number of cyclic esters (lactones) is 1. The lowest BCUT2D eigenvalue weighted by Crippen LogP contribution is -2.60. The summed E-state index contributed by atoms with van der Waals surface area (Å²) in [4.78, 5) is 27.0. The number of hydrogen-bond acceptors (Lipinski definition) is 8. The van der Waals surface area contributed by atoms with Gasteiger partial charge in [-0.25, -0.2) is 0 Å². The molecule has 5 aliphatic rings. The van der Waals surface area contributed by atoms with E-state index in [1.165, 1.54) is 5.57 Å². The summed E-state index contributed by atoms with van der Waals surface area (Å²) in [6, 6.07) is 0. The molecule has 2 saturated heterocycles. The number of ether oxygens (including phenoxy) is 6. The van der Waals surface area contributed by atoms with Crippen molar-refractivity contribution in [2.75, 3.05) is 20.8 Å². The molecule has 3 aliphatic carbocycles. The van der Waals surface area contributed by atoms with Crippen LogP contribution in [0, 0.1) is 35.5 Å². The molecule has 3 fully saturated rings. The van der Waals surface area contributed by atoms with Crippen molar-refractivity contribution >= 4 is 11.8 Å². The molecule has 13 atom stereocenters. The summed E-state index contributed by atoms with van der Waals surface area (Å²) in [6.07, 6.45) is 9.44. The first kappa shape index (κ1) is 32.8. The Morgan fingerprint density at radius 3 is 2.35 bits per heavy atom. The Labute approximate surface area is 258 Å². The van der Waals surface area contributed by atoms with Gasteiger partial charge in [0.05, 0.1) is 18.6 Å².